The number of fused-ring (bicyclic) bond motifs is 1. The van der Waals surface area contributed by atoms with Gasteiger partial charge < -0.3 is 24.5 Å². The number of anilines is 1. The van der Waals surface area contributed by atoms with E-state index in [-0.39, 0.29) is 28.1 Å². The Morgan fingerprint density at radius 3 is 2.86 bits per heavy atom. The van der Waals surface area contributed by atoms with Crippen molar-refractivity contribution in [2.24, 2.45) is 16.6 Å². The molecule has 3 aromatic rings. The zero-order chi connectivity index (χ0) is 24.6. The molecule has 1 saturated carbocycles. The van der Waals surface area contributed by atoms with E-state index in [2.05, 4.69) is 20.0 Å². The van der Waals surface area contributed by atoms with Gasteiger partial charge in [-0.25, -0.2) is 4.68 Å². The molecule has 11 nitrogen and oxygen atoms in total. The Morgan fingerprint density at radius 1 is 1.34 bits per heavy atom. The van der Waals surface area contributed by atoms with Crippen LogP contribution in [0.4, 0.5) is 5.69 Å². The van der Waals surface area contributed by atoms with Crippen LogP contribution in [0.15, 0.2) is 57.1 Å². The first-order chi connectivity index (χ1) is 16.9. The number of nitrogens with one attached hydrogen (secondary N) is 1. The molecule has 35 heavy (non-hydrogen) atoms. The van der Waals surface area contributed by atoms with E-state index in [4.69, 9.17) is 15.2 Å². The van der Waals surface area contributed by atoms with Crippen LogP contribution in [0.2, 0.25) is 0 Å². The molecule has 0 bridgehead atoms. The highest BCUT2D eigenvalue weighted by molar-refractivity contribution is 7.66. The first-order valence-electron chi connectivity index (χ1n) is 10.7. The minimum Gasteiger partial charge on any atom is -0.505 e. The van der Waals surface area contributed by atoms with E-state index in [1.807, 2.05) is 10.8 Å². The molecule has 1 atom stereocenters. The van der Waals surface area contributed by atoms with Crippen LogP contribution in [-0.2, 0) is 20.5 Å². The van der Waals surface area contributed by atoms with Gasteiger partial charge >= 0.3 is 7.52 Å². The molecule has 13 heteroatoms. The number of hydrogen-bond acceptors (Lipinski definition) is 10. The second-order valence-corrected chi connectivity index (χ2v) is 10.9. The van der Waals surface area contributed by atoms with E-state index < -0.39 is 13.1 Å². The first kappa shape index (κ1) is 23.3. The minimum absolute atomic E-state index is 0.0568. The van der Waals surface area contributed by atoms with Crippen molar-refractivity contribution in [2.75, 3.05) is 12.4 Å². The number of amidine groups is 1. The highest BCUT2D eigenvalue weighted by atomic mass is 32.1. The van der Waals surface area contributed by atoms with Gasteiger partial charge in [0.2, 0.25) is 0 Å². The van der Waals surface area contributed by atoms with Gasteiger partial charge in [-0.3, -0.25) is 9.36 Å². The molecular formula is C22H22N5O6PS. The Labute approximate surface area is 203 Å². The summed E-state index contributed by atoms with van der Waals surface area (Å²) >= 11 is 1.44. The zero-order valence-corrected chi connectivity index (χ0v) is 20.3. The summed E-state index contributed by atoms with van der Waals surface area (Å²) in [4.78, 5) is 17.7. The van der Waals surface area contributed by atoms with Gasteiger partial charge in [-0.05, 0) is 48.4 Å². The van der Waals surface area contributed by atoms with Gasteiger partial charge in [-0.1, -0.05) is 0 Å². The minimum atomic E-state index is -3.83. The Kier molecular flexibility index (Phi) is 6.20. The predicted octanol–water partition coefficient (Wildman–Crippen LogP) is 3.16. The van der Waals surface area contributed by atoms with E-state index in [0.717, 1.165) is 19.1 Å². The fourth-order valence-electron chi connectivity index (χ4n) is 3.69. The molecular weight excluding hydrogens is 493 g/mol. The standard InChI is InChI=1S/C22H22N5O6PS/c1-31-34(30)17-10-15(32-7-8-33-23)4-5-16(17)24-21(26-34)18-20(28)19(14-6-9-35-12-14)25-27(22(18)29)11-13-2-3-13/h4-10,12-13,28H,2-3,11,23H2,1H3,(H,24,26,30). The van der Waals surface area contributed by atoms with Crippen molar-refractivity contribution < 1.29 is 23.8 Å². The lowest BCUT2D eigenvalue weighted by atomic mass is 10.1. The van der Waals surface area contributed by atoms with Crippen LogP contribution >= 0.6 is 18.9 Å². The highest BCUT2D eigenvalue weighted by Gasteiger charge is 2.36. The van der Waals surface area contributed by atoms with Gasteiger partial charge in [0, 0.05) is 24.6 Å². The maximum atomic E-state index is 13.7. The number of nitrogens with zero attached hydrogens (tertiary/aromatic N) is 3. The summed E-state index contributed by atoms with van der Waals surface area (Å²) in [6, 6.07) is 6.54. The second kappa shape index (κ2) is 9.31. The Morgan fingerprint density at radius 2 is 2.17 bits per heavy atom. The molecule has 2 aliphatic rings. The molecule has 0 radical (unpaired) electrons. The Balaban J connectivity index is 1.63. The highest BCUT2D eigenvalue weighted by Crippen LogP contribution is 2.52. The van der Waals surface area contributed by atoms with E-state index in [1.165, 1.54) is 35.5 Å². The van der Waals surface area contributed by atoms with Crippen LogP contribution < -0.4 is 26.8 Å². The zero-order valence-electron chi connectivity index (χ0n) is 18.6. The summed E-state index contributed by atoms with van der Waals surface area (Å²) in [7, 11) is -2.56. The van der Waals surface area contributed by atoms with Crippen molar-refractivity contribution in [2.45, 2.75) is 19.4 Å². The molecule has 1 unspecified atom stereocenters. The first-order valence-corrected chi connectivity index (χ1v) is 13.2. The quantitative estimate of drug-likeness (QED) is 0.233. The molecule has 0 amide bonds. The molecule has 5 rings (SSSR count). The lowest BCUT2D eigenvalue weighted by molar-refractivity contribution is 0.250. The normalized spacial score (nSPS) is 19.2. The number of nitrogens with two attached hydrogens (primary N) is 1. The van der Waals surface area contributed by atoms with Gasteiger partial charge in [0.1, 0.15) is 29.5 Å². The SMILES string of the molecule is COP1(=O)N=C(c2c(O)c(-c3ccsc3)nn(CC3CC3)c2=O)Nc2ccc(OC=CON)cc21. The number of hydrogen-bond donors (Lipinski definition) is 3. The van der Waals surface area contributed by atoms with Crippen molar-refractivity contribution in [1.82, 2.24) is 9.78 Å². The number of rotatable bonds is 8. The summed E-state index contributed by atoms with van der Waals surface area (Å²) in [5.74, 6) is 5.23. The average molecular weight is 515 g/mol. The topological polar surface area (TPSA) is 150 Å². The third-order valence-electron chi connectivity index (χ3n) is 5.63. The van der Waals surface area contributed by atoms with Gasteiger partial charge in [0.15, 0.2) is 11.6 Å². The lowest BCUT2D eigenvalue weighted by Crippen LogP contribution is -2.35. The number of aromatic hydroxyl groups is 1. The van der Waals surface area contributed by atoms with Gasteiger partial charge in [0.25, 0.3) is 5.56 Å². The molecule has 4 N–H and O–H groups in total. The summed E-state index contributed by atoms with van der Waals surface area (Å²) in [6.45, 7) is 0.426. The van der Waals surface area contributed by atoms with Crippen LogP contribution in [0, 0.1) is 5.92 Å². The third-order valence-corrected chi connectivity index (χ3v) is 8.25. The molecule has 3 heterocycles. The maximum Gasteiger partial charge on any atom is 0.348 e. The van der Waals surface area contributed by atoms with E-state index in [9.17, 15) is 14.5 Å². The summed E-state index contributed by atoms with van der Waals surface area (Å²) in [5.41, 5.74) is 0.668. The van der Waals surface area contributed by atoms with Crippen molar-refractivity contribution in [3.05, 3.63) is 63.5 Å². The molecule has 2 aromatic heterocycles. The largest absolute Gasteiger partial charge is 0.505 e. The van der Waals surface area contributed by atoms with Crippen molar-refractivity contribution in [3.63, 3.8) is 0 Å². The predicted molar refractivity (Wildman–Crippen MR) is 132 cm³/mol. The van der Waals surface area contributed by atoms with Gasteiger partial charge in [-0.2, -0.15) is 27.1 Å². The number of ether oxygens (including phenoxy) is 1. The van der Waals surface area contributed by atoms with E-state index in [0.29, 0.717) is 29.5 Å². The summed E-state index contributed by atoms with van der Waals surface area (Å²) < 4.78 is 30.1. The smallest absolute Gasteiger partial charge is 0.348 e. The van der Waals surface area contributed by atoms with E-state index in [1.54, 1.807) is 18.2 Å². The van der Waals surface area contributed by atoms with Crippen LogP contribution in [0.5, 0.6) is 11.5 Å². The summed E-state index contributed by atoms with van der Waals surface area (Å²) in [5, 5.41) is 22.5. The number of benzene rings is 1. The van der Waals surface area contributed by atoms with Gasteiger partial charge in [-0.15, -0.1) is 0 Å². The van der Waals surface area contributed by atoms with Crippen LogP contribution in [-0.4, -0.2) is 27.8 Å². The molecule has 0 spiro atoms. The second-order valence-electron chi connectivity index (χ2n) is 8.00. The fourth-order valence-corrected chi connectivity index (χ4v) is 5.86. The fraction of sp³-hybridized carbons (Fsp3) is 0.227. The van der Waals surface area contributed by atoms with Crippen molar-refractivity contribution in [1.29, 1.82) is 0 Å². The van der Waals surface area contributed by atoms with E-state index >= 15 is 0 Å². The van der Waals surface area contributed by atoms with Crippen LogP contribution in [0.1, 0.15) is 18.4 Å². The number of aromatic nitrogens is 2. The maximum absolute atomic E-state index is 13.7. The molecule has 0 saturated heterocycles. The van der Waals surface area contributed by atoms with Crippen LogP contribution in [0.3, 0.4) is 0 Å². The Hall–Kier alpha value is -3.44. The lowest BCUT2D eigenvalue weighted by Gasteiger charge is -2.25. The molecule has 1 aliphatic heterocycles. The monoisotopic (exact) mass is 515 g/mol. The number of thiophene rings is 1. The van der Waals surface area contributed by atoms with Gasteiger partial charge in [0.05, 0.1) is 11.0 Å². The average Bonchev–Trinajstić information content (AvgIpc) is 3.50. The molecule has 182 valence electrons. The van der Waals surface area contributed by atoms with Crippen molar-refractivity contribution >= 4 is 35.7 Å². The van der Waals surface area contributed by atoms with Crippen LogP contribution in [0.25, 0.3) is 11.3 Å². The Bertz CT molecular complexity index is 1430. The third kappa shape index (κ3) is 4.48. The molecule has 1 fully saturated rings. The molecule has 1 aromatic carbocycles. The molecule has 1 aliphatic carbocycles. The van der Waals surface area contributed by atoms with Crippen molar-refractivity contribution in [3.8, 4) is 22.8 Å². The summed E-state index contributed by atoms with van der Waals surface area (Å²) in [6.07, 6.45) is 4.38.